The normalized spacial score (nSPS) is 22.5. The Morgan fingerprint density at radius 3 is 2.48 bits per heavy atom. The molecule has 1 aliphatic carbocycles. The molecule has 0 spiro atoms. The van der Waals surface area contributed by atoms with Gasteiger partial charge in [0.1, 0.15) is 5.82 Å². The van der Waals surface area contributed by atoms with Crippen molar-refractivity contribution in [2.24, 2.45) is 0 Å². The summed E-state index contributed by atoms with van der Waals surface area (Å²) in [6, 6.07) is 6.35. The molecule has 3 fully saturated rings. The van der Waals surface area contributed by atoms with Crippen LogP contribution in [-0.4, -0.2) is 89.9 Å². The molecule has 0 N–H and O–H groups in total. The molecule has 0 bridgehead atoms. The van der Waals surface area contributed by atoms with E-state index in [1.54, 1.807) is 6.20 Å². The first-order chi connectivity index (χ1) is 13.2. The number of piperazine rings is 2. The van der Waals surface area contributed by atoms with Gasteiger partial charge in [0.2, 0.25) is 11.8 Å². The van der Waals surface area contributed by atoms with Crippen molar-refractivity contribution in [3.05, 3.63) is 24.4 Å². The Labute approximate surface area is 160 Å². The van der Waals surface area contributed by atoms with E-state index in [0.717, 1.165) is 44.8 Å². The van der Waals surface area contributed by atoms with Crippen molar-refractivity contribution in [3.63, 3.8) is 0 Å². The van der Waals surface area contributed by atoms with Crippen molar-refractivity contribution in [3.8, 4) is 0 Å². The van der Waals surface area contributed by atoms with Crippen molar-refractivity contribution in [2.45, 2.75) is 31.7 Å². The van der Waals surface area contributed by atoms with E-state index in [4.69, 9.17) is 0 Å². The highest BCUT2D eigenvalue weighted by Gasteiger charge is 2.32. The standard InChI is InChI=1S/C20H29N5O2/c26-19(24-12-10-23(11-13-24)18-7-3-4-8-21-18)15-22-9-14-25(20(27)16-22)17-5-1-2-6-17/h3-4,7-8,17H,1-2,5-6,9-16H2. The van der Waals surface area contributed by atoms with Crippen molar-refractivity contribution in [1.29, 1.82) is 0 Å². The zero-order valence-corrected chi connectivity index (χ0v) is 15.9. The summed E-state index contributed by atoms with van der Waals surface area (Å²) < 4.78 is 0. The largest absolute Gasteiger partial charge is 0.353 e. The van der Waals surface area contributed by atoms with Crippen LogP contribution in [0.4, 0.5) is 5.82 Å². The number of rotatable bonds is 4. The summed E-state index contributed by atoms with van der Waals surface area (Å²) in [6.45, 7) is 5.35. The van der Waals surface area contributed by atoms with Crippen LogP contribution in [0.2, 0.25) is 0 Å². The number of pyridine rings is 1. The number of amides is 2. The Bertz CT molecular complexity index is 654. The monoisotopic (exact) mass is 371 g/mol. The zero-order chi connectivity index (χ0) is 18.6. The van der Waals surface area contributed by atoms with Crippen molar-refractivity contribution >= 4 is 17.6 Å². The zero-order valence-electron chi connectivity index (χ0n) is 15.9. The van der Waals surface area contributed by atoms with E-state index in [0.29, 0.717) is 32.2 Å². The lowest BCUT2D eigenvalue weighted by molar-refractivity contribution is -0.141. The van der Waals surface area contributed by atoms with E-state index in [1.165, 1.54) is 12.8 Å². The minimum Gasteiger partial charge on any atom is -0.353 e. The van der Waals surface area contributed by atoms with Crippen LogP contribution in [0, 0.1) is 0 Å². The highest BCUT2D eigenvalue weighted by molar-refractivity contribution is 5.82. The number of hydrogen-bond acceptors (Lipinski definition) is 5. The number of carbonyl (C=O) groups excluding carboxylic acids is 2. The molecule has 7 heteroatoms. The van der Waals surface area contributed by atoms with E-state index < -0.39 is 0 Å². The Balaban J connectivity index is 1.24. The van der Waals surface area contributed by atoms with Gasteiger partial charge < -0.3 is 14.7 Å². The molecular weight excluding hydrogens is 342 g/mol. The van der Waals surface area contributed by atoms with Gasteiger partial charge >= 0.3 is 0 Å². The summed E-state index contributed by atoms with van der Waals surface area (Å²) in [5, 5.41) is 0. The predicted molar refractivity (Wildman–Crippen MR) is 103 cm³/mol. The Kier molecular flexibility index (Phi) is 5.57. The first-order valence-corrected chi connectivity index (χ1v) is 10.2. The lowest BCUT2D eigenvalue weighted by atomic mass is 10.1. The topological polar surface area (TPSA) is 60.0 Å². The van der Waals surface area contributed by atoms with Gasteiger partial charge in [-0.2, -0.15) is 0 Å². The first kappa shape index (κ1) is 18.2. The average Bonchev–Trinajstić information content (AvgIpc) is 3.23. The highest BCUT2D eigenvalue weighted by Crippen LogP contribution is 2.24. The van der Waals surface area contributed by atoms with E-state index in [1.807, 2.05) is 28.0 Å². The molecule has 2 aliphatic heterocycles. The average molecular weight is 371 g/mol. The second kappa shape index (κ2) is 8.25. The first-order valence-electron chi connectivity index (χ1n) is 10.2. The van der Waals surface area contributed by atoms with Crippen LogP contribution in [0.15, 0.2) is 24.4 Å². The van der Waals surface area contributed by atoms with Gasteiger partial charge in [-0.3, -0.25) is 14.5 Å². The van der Waals surface area contributed by atoms with Crippen molar-refractivity contribution < 1.29 is 9.59 Å². The summed E-state index contributed by atoms with van der Waals surface area (Å²) in [6.07, 6.45) is 6.56. The van der Waals surface area contributed by atoms with Crippen LogP contribution >= 0.6 is 0 Å². The maximum absolute atomic E-state index is 12.7. The number of anilines is 1. The van der Waals surface area contributed by atoms with Crippen molar-refractivity contribution in [2.75, 3.05) is 57.3 Å². The molecular formula is C20H29N5O2. The van der Waals surface area contributed by atoms with E-state index in [2.05, 4.69) is 14.8 Å². The maximum atomic E-state index is 12.7. The van der Waals surface area contributed by atoms with Gasteiger partial charge in [-0.05, 0) is 25.0 Å². The molecule has 2 amide bonds. The number of nitrogens with zero attached hydrogens (tertiary/aromatic N) is 5. The molecule has 1 saturated carbocycles. The fourth-order valence-corrected chi connectivity index (χ4v) is 4.49. The lowest BCUT2D eigenvalue weighted by Crippen LogP contribution is -2.56. The molecule has 0 radical (unpaired) electrons. The molecule has 2 saturated heterocycles. The van der Waals surface area contributed by atoms with Gasteiger partial charge in [-0.25, -0.2) is 4.98 Å². The molecule has 3 aliphatic rings. The maximum Gasteiger partial charge on any atom is 0.237 e. The quantitative estimate of drug-likeness (QED) is 0.784. The third-order valence-electron chi connectivity index (χ3n) is 6.07. The van der Waals surface area contributed by atoms with Crippen LogP contribution < -0.4 is 4.90 Å². The summed E-state index contributed by atoms with van der Waals surface area (Å²) in [7, 11) is 0. The van der Waals surface area contributed by atoms with Crippen LogP contribution in [0.3, 0.4) is 0 Å². The van der Waals surface area contributed by atoms with Gasteiger partial charge in [-0.15, -0.1) is 0 Å². The molecule has 4 rings (SSSR count). The molecule has 0 aromatic carbocycles. The van der Waals surface area contributed by atoms with Gasteiger partial charge in [0, 0.05) is 51.5 Å². The Morgan fingerprint density at radius 2 is 1.81 bits per heavy atom. The van der Waals surface area contributed by atoms with Gasteiger partial charge in [0.25, 0.3) is 0 Å². The molecule has 7 nitrogen and oxygen atoms in total. The molecule has 146 valence electrons. The second-order valence-electron chi connectivity index (χ2n) is 7.79. The summed E-state index contributed by atoms with van der Waals surface area (Å²) in [5.74, 6) is 1.30. The van der Waals surface area contributed by atoms with Crippen LogP contribution in [0.1, 0.15) is 25.7 Å². The fraction of sp³-hybridized carbons (Fsp3) is 0.650. The minimum absolute atomic E-state index is 0.137. The van der Waals surface area contributed by atoms with Gasteiger partial charge in [-0.1, -0.05) is 18.9 Å². The smallest absolute Gasteiger partial charge is 0.237 e. The highest BCUT2D eigenvalue weighted by atomic mass is 16.2. The summed E-state index contributed by atoms with van der Waals surface area (Å²) in [4.78, 5) is 37.8. The molecule has 1 aromatic rings. The SMILES string of the molecule is O=C(CN1CCN(C2CCCC2)C(=O)C1)N1CCN(c2ccccn2)CC1. The fourth-order valence-electron chi connectivity index (χ4n) is 4.49. The minimum atomic E-state index is 0.137. The number of aromatic nitrogens is 1. The van der Waals surface area contributed by atoms with Crippen LogP contribution in [-0.2, 0) is 9.59 Å². The van der Waals surface area contributed by atoms with Crippen molar-refractivity contribution in [1.82, 2.24) is 19.7 Å². The second-order valence-corrected chi connectivity index (χ2v) is 7.79. The van der Waals surface area contributed by atoms with E-state index >= 15 is 0 Å². The lowest BCUT2D eigenvalue weighted by Gasteiger charge is -2.39. The van der Waals surface area contributed by atoms with Crippen LogP contribution in [0.25, 0.3) is 0 Å². The van der Waals surface area contributed by atoms with Gasteiger partial charge in [0.05, 0.1) is 13.1 Å². The third kappa shape index (κ3) is 4.24. The van der Waals surface area contributed by atoms with E-state index in [9.17, 15) is 9.59 Å². The molecule has 27 heavy (non-hydrogen) atoms. The predicted octanol–water partition coefficient (Wildman–Crippen LogP) is 0.817. The molecule has 0 unspecified atom stereocenters. The summed E-state index contributed by atoms with van der Waals surface area (Å²) in [5.41, 5.74) is 0. The van der Waals surface area contributed by atoms with Gasteiger partial charge in [0.15, 0.2) is 0 Å². The molecule has 3 heterocycles. The molecule has 1 aromatic heterocycles. The molecule has 0 atom stereocenters. The van der Waals surface area contributed by atoms with Crippen LogP contribution in [0.5, 0.6) is 0 Å². The third-order valence-corrected chi connectivity index (χ3v) is 6.07. The summed E-state index contributed by atoms with van der Waals surface area (Å²) >= 11 is 0. The Hall–Kier alpha value is -2.15. The number of carbonyl (C=O) groups is 2. The Morgan fingerprint density at radius 1 is 1.04 bits per heavy atom. The van der Waals surface area contributed by atoms with E-state index in [-0.39, 0.29) is 11.8 Å². The number of hydrogen-bond donors (Lipinski definition) is 0.